The lowest BCUT2D eigenvalue weighted by Crippen LogP contribution is -2.42. The molecule has 1 amide bonds. The monoisotopic (exact) mass is 288 g/mol. The lowest BCUT2D eigenvalue weighted by atomic mass is 10.2. The minimum absolute atomic E-state index is 0.177. The molecule has 5 nitrogen and oxygen atoms in total. The summed E-state index contributed by atoms with van der Waals surface area (Å²) >= 11 is 1.57. The Bertz CT molecular complexity index is 625. The van der Waals surface area contributed by atoms with Crippen molar-refractivity contribution < 1.29 is 14.3 Å². The van der Waals surface area contributed by atoms with Crippen LogP contribution in [-0.2, 0) is 4.79 Å². The minimum Gasteiger partial charge on any atom is -0.485 e. The Morgan fingerprint density at radius 1 is 1.35 bits per heavy atom. The van der Waals surface area contributed by atoms with E-state index in [1.807, 2.05) is 29.0 Å². The van der Waals surface area contributed by atoms with Crippen molar-refractivity contribution >= 4 is 23.5 Å². The van der Waals surface area contributed by atoms with Crippen molar-refractivity contribution in [2.24, 2.45) is 5.10 Å². The molecule has 3 rings (SSSR count). The molecule has 0 unspecified atom stereocenters. The van der Waals surface area contributed by atoms with Gasteiger partial charge in [-0.05, 0) is 29.0 Å². The molecule has 1 atom stereocenters. The zero-order valence-electron chi connectivity index (χ0n) is 10.5. The van der Waals surface area contributed by atoms with Crippen LogP contribution in [0.5, 0.6) is 11.5 Å². The highest BCUT2D eigenvalue weighted by atomic mass is 32.1. The molecule has 102 valence electrons. The van der Waals surface area contributed by atoms with Crippen LogP contribution < -0.4 is 14.9 Å². The van der Waals surface area contributed by atoms with Gasteiger partial charge in [0.25, 0.3) is 5.91 Å². The number of fused-ring (bicyclic) bond motifs is 1. The van der Waals surface area contributed by atoms with E-state index in [-0.39, 0.29) is 12.5 Å². The van der Waals surface area contributed by atoms with E-state index in [1.54, 1.807) is 29.7 Å². The number of nitrogens with zero attached hydrogens (tertiary/aromatic N) is 1. The smallest absolute Gasteiger partial charge is 0.284 e. The Balaban J connectivity index is 1.59. The molecule has 6 heteroatoms. The molecule has 1 N–H and O–H groups in total. The summed E-state index contributed by atoms with van der Waals surface area (Å²) in [4.78, 5) is 11.9. The average molecular weight is 288 g/mol. The second-order valence-corrected chi connectivity index (χ2v) is 4.94. The number of rotatable bonds is 3. The molecular formula is C14H12N2O3S. The highest BCUT2D eigenvalue weighted by molar-refractivity contribution is 7.08. The Morgan fingerprint density at radius 3 is 3.00 bits per heavy atom. The van der Waals surface area contributed by atoms with Gasteiger partial charge in [-0.1, -0.05) is 12.1 Å². The maximum atomic E-state index is 11.9. The summed E-state index contributed by atoms with van der Waals surface area (Å²) < 4.78 is 11.0. The molecule has 0 spiro atoms. The number of para-hydroxylation sites is 2. The van der Waals surface area contributed by atoms with Crippen molar-refractivity contribution in [3.63, 3.8) is 0 Å². The third kappa shape index (κ3) is 2.80. The van der Waals surface area contributed by atoms with Gasteiger partial charge in [-0.15, -0.1) is 0 Å². The van der Waals surface area contributed by atoms with Crippen LogP contribution in [0.4, 0.5) is 0 Å². The summed E-state index contributed by atoms with van der Waals surface area (Å²) in [5.41, 5.74) is 3.40. The normalized spacial score (nSPS) is 17.1. The van der Waals surface area contributed by atoms with Crippen LogP contribution in [0, 0.1) is 0 Å². The van der Waals surface area contributed by atoms with Gasteiger partial charge in [-0.2, -0.15) is 16.4 Å². The molecule has 0 fully saturated rings. The first kappa shape index (κ1) is 12.7. The Labute approximate surface area is 119 Å². The van der Waals surface area contributed by atoms with Gasteiger partial charge in [-0.3, -0.25) is 4.79 Å². The third-order valence-corrected chi connectivity index (χ3v) is 3.43. The minimum atomic E-state index is -0.690. The van der Waals surface area contributed by atoms with E-state index in [0.29, 0.717) is 11.5 Å². The number of amides is 1. The molecule has 20 heavy (non-hydrogen) atoms. The number of nitrogens with one attached hydrogen (secondary N) is 1. The first-order valence-corrected chi connectivity index (χ1v) is 7.01. The van der Waals surface area contributed by atoms with Crippen molar-refractivity contribution in [3.8, 4) is 11.5 Å². The van der Waals surface area contributed by atoms with Crippen LogP contribution >= 0.6 is 11.3 Å². The van der Waals surface area contributed by atoms with Gasteiger partial charge in [0, 0.05) is 5.56 Å². The van der Waals surface area contributed by atoms with Gasteiger partial charge in [-0.25, -0.2) is 5.43 Å². The number of carbonyl (C=O) groups excluding carboxylic acids is 1. The van der Waals surface area contributed by atoms with Crippen LogP contribution in [0.2, 0.25) is 0 Å². The number of hydrogen-bond acceptors (Lipinski definition) is 5. The molecule has 1 aromatic heterocycles. The van der Waals surface area contributed by atoms with Gasteiger partial charge in [0.2, 0.25) is 6.10 Å². The van der Waals surface area contributed by atoms with E-state index in [2.05, 4.69) is 10.5 Å². The average Bonchev–Trinajstić information content (AvgIpc) is 3.00. The lowest BCUT2D eigenvalue weighted by molar-refractivity contribution is -0.130. The van der Waals surface area contributed by atoms with Crippen LogP contribution in [0.3, 0.4) is 0 Å². The fourth-order valence-electron chi connectivity index (χ4n) is 1.74. The quantitative estimate of drug-likeness (QED) is 0.694. The van der Waals surface area contributed by atoms with Crippen molar-refractivity contribution in [1.82, 2.24) is 5.43 Å². The van der Waals surface area contributed by atoms with Gasteiger partial charge in [0.15, 0.2) is 11.5 Å². The Morgan fingerprint density at radius 2 is 2.20 bits per heavy atom. The van der Waals surface area contributed by atoms with Gasteiger partial charge in [0.1, 0.15) is 6.61 Å². The number of ether oxygens (including phenoxy) is 2. The molecule has 0 radical (unpaired) electrons. The summed E-state index contributed by atoms with van der Waals surface area (Å²) in [6.07, 6.45) is 0.899. The van der Waals surface area contributed by atoms with E-state index in [9.17, 15) is 4.79 Å². The summed E-state index contributed by atoms with van der Waals surface area (Å²) in [5, 5.41) is 7.77. The topological polar surface area (TPSA) is 59.9 Å². The molecule has 2 aromatic rings. The Hall–Kier alpha value is -2.34. The number of benzene rings is 1. The van der Waals surface area contributed by atoms with Crippen LogP contribution in [0.25, 0.3) is 0 Å². The predicted octanol–water partition coefficient (Wildman–Crippen LogP) is 2.04. The van der Waals surface area contributed by atoms with E-state index in [0.717, 1.165) is 5.56 Å². The maximum Gasteiger partial charge on any atom is 0.284 e. The largest absolute Gasteiger partial charge is 0.485 e. The molecule has 1 aliphatic rings. The first-order chi connectivity index (χ1) is 9.83. The number of carbonyl (C=O) groups is 1. The fraction of sp³-hybridized carbons (Fsp3) is 0.143. The number of hydrogen-bond donors (Lipinski definition) is 1. The summed E-state index contributed by atoms with van der Waals surface area (Å²) in [6.45, 7) is 0.177. The molecule has 0 bridgehead atoms. The highest BCUT2D eigenvalue weighted by Gasteiger charge is 2.26. The highest BCUT2D eigenvalue weighted by Crippen LogP contribution is 2.30. The zero-order valence-corrected chi connectivity index (χ0v) is 11.3. The van der Waals surface area contributed by atoms with E-state index in [1.165, 1.54) is 0 Å². The van der Waals surface area contributed by atoms with Crippen LogP contribution in [0.1, 0.15) is 5.56 Å². The summed E-state index contributed by atoms with van der Waals surface area (Å²) in [5.74, 6) is 0.894. The van der Waals surface area contributed by atoms with Crippen LogP contribution in [-0.4, -0.2) is 24.8 Å². The molecule has 0 saturated carbocycles. The van der Waals surface area contributed by atoms with Crippen molar-refractivity contribution in [2.75, 3.05) is 6.61 Å². The number of hydrazone groups is 1. The van der Waals surface area contributed by atoms with Gasteiger partial charge >= 0.3 is 0 Å². The maximum absolute atomic E-state index is 11.9. The second kappa shape index (κ2) is 5.75. The van der Waals surface area contributed by atoms with E-state index >= 15 is 0 Å². The molecule has 0 aliphatic carbocycles. The molecule has 0 saturated heterocycles. The van der Waals surface area contributed by atoms with E-state index in [4.69, 9.17) is 9.47 Å². The Kier molecular flexibility index (Phi) is 3.64. The van der Waals surface area contributed by atoms with Crippen LogP contribution in [0.15, 0.2) is 46.2 Å². The summed E-state index contributed by atoms with van der Waals surface area (Å²) in [7, 11) is 0. The lowest BCUT2D eigenvalue weighted by Gasteiger charge is -2.24. The molecule has 1 aromatic carbocycles. The van der Waals surface area contributed by atoms with Crippen molar-refractivity contribution in [2.45, 2.75) is 6.10 Å². The van der Waals surface area contributed by atoms with Gasteiger partial charge in [0.05, 0.1) is 6.21 Å². The second-order valence-electron chi connectivity index (χ2n) is 4.16. The molecule has 1 aliphatic heterocycles. The zero-order chi connectivity index (χ0) is 13.8. The third-order valence-electron chi connectivity index (χ3n) is 2.73. The first-order valence-electron chi connectivity index (χ1n) is 6.06. The van der Waals surface area contributed by atoms with E-state index < -0.39 is 6.10 Å². The SMILES string of the molecule is O=C(N/N=C\c1ccsc1)[C@H]1COc2ccccc2O1. The van der Waals surface area contributed by atoms with Crippen molar-refractivity contribution in [1.29, 1.82) is 0 Å². The molecular weight excluding hydrogens is 276 g/mol. The summed E-state index contributed by atoms with van der Waals surface area (Å²) in [6, 6.07) is 9.17. The fourth-order valence-corrected chi connectivity index (χ4v) is 2.35. The molecule has 2 heterocycles. The predicted molar refractivity (Wildman–Crippen MR) is 76.4 cm³/mol. The van der Waals surface area contributed by atoms with Crippen molar-refractivity contribution in [3.05, 3.63) is 46.7 Å². The van der Waals surface area contributed by atoms with Gasteiger partial charge < -0.3 is 9.47 Å². The number of thiophene rings is 1. The standard InChI is InChI=1S/C14H12N2O3S/c17-14(16-15-7-10-5-6-20-9-10)13-8-18-11-3-1-2-4-12(11)19-13/h1-7,9,13H,8H2,(H,16,17)/b15-7-/t13-/m1/s1.